The third kappa shape index (κ3) is 3.08. The fraction of sp³-hybridized carbons (Fsp3) is 0.500. The zero-order valence-corrected chi connectivity index (χ0v) is 12.5. The fourth-order valence-electron chi connectivity index (χ4n) is 2.39. The lowest BCUT2D eigenvalue weighted by Crippen LogP contribution is -2.44. The van der Waals surface area contributed by atoms with E-state index < -0.39 is 5.82 Å². The average molecular weight is 330 g/mol. The van der Waals surface area contributed by atoms with E-state index in [0.717, 1.165) is 31.1 Å². The van der Waals surface area contributed by atoms with Gasteiger partial charge in [0.05, 0.1) is 7.11 Å². The first-order valence-corrected chi connectivity index (χ1v) is 7.50. The first-order chi connectivity index (χ1) is 9.17. The van der Waals surface area contributed by atoms with E-state index in [1.54, 1.807) is 0 Å². The molecule has 1 amide bonds. The molecular formula is C14H17BrFNO2. The van der Waals surface area contributed by atoms with Crippen molar-refractivity contribution in [3.8, 4) is 5.75 Å². The maximum Gasteiger partial charge on any atom is 0.254 e. The smallest absolute Gasteiger partial charge is 0.254 e. The molecule has 1 aromatic carbocycles. The summed E-state index contributed by atoms with van der Waals surface area (Å²) in [5, 5.41) is 0.775. The van der Waals surface area contributed by atoms with Crippen molar-refractivity contribution in [2.45, 2.75) is 25.3 Å². The summed E-state index contributed by atoms with van der Waals surface area (Å²) in [7, 11) is 1.40. The third-order valence-corrected chi connectivity index (χ3v) is 4.21. The van der Waals surface area contributed by atoms with Gasteiger partial charge in [0, 0.05) is 23.5 Å². The van der Waals surface area contributed by atoms with Gasteiger partial charge in [0.25, 0.3) is 5.91 Å². The molecule has 0 N–H and O–H groups in total. The maximum absolute atomic E-state index is 13.4. The second kappa shape index (κ2) is 6.37. The van der Waals surface area contributed by atoms with Gasteiger partial charge >= 0.3 is 0 Å². The lowest BCUT2D eigenvalue weighted by Gasteiger charge is -2.34. The van der Waals surface area contributed by atoms with Gasteiger partial charge in [0.1, 0.15) is 0 Å². The van der Waals surface area contributed by atoms with Crippen LogP contribution in [0.1, 0.15) is 29.6 Å². The van der Waals surface area contributed by atoms with Crippen molar-refractivity contribution in [2.24, 2.45) is 0 Å². The van der Waals surface area contributed by atoms with Crippen LogP contribution in [-0.4, -0.2) is 35.8 Å². The molecule has 0 saturated carbocycles. The summed E-state index contributed by atoms with van der Waals surface area (Å²) in [6, 6.07) is 4.48. The molecule has 1 saturated heterocycles. The summed E-state index contributed by atoms with van der Waals surface area (Å²) in [5.74, 6) is -0.393. The zero-order chi connectivity index (χ0) is 13.8. The number of nitrogens with zero attached hydrogens (tertiary/aromatic N) is 1. The van der Waals surface area contributed by atoms with Gasteiger partial charge < -0.3 is 9.64 Å². The second-order valence-corrected chi connectivity index (χ2v) is 5.30. The number of methoxy groups -OCH3 is 1. The van der Waals surface area contributed by atoms with Crippen LogP contribution in [0.3, 0.4) is 0 Å². The number of alkyl halides is 1. The predicted octanol–water partition coefficient (Wildman–Crippen LogP) is 3.22. The molecule has 0 bridgehead atoms. The van der Waals surface area contributed by atoms with Gasteiger partial charge in [-0.3, -0.25) is 4.79 Å². The minimum atomic E-state index is -0.449. The number of amides is 1. The van der Waals surface area contributed by atoms with E-state index >= 15 is 0 Å². The number of piperidine rings is 1. The summed E-state index contributed by atoms with van der Waals surface area (Å²) in [6.45, 7) is 0.759. The van der Waals surface area contributed by atoms with Crippen LogP contribution in [-0.2, 0) is 0 Å². The van der Waals surface area contributed by atoms with Gasteiger partial charge in [0.15, 0.2) is 11.6 Å². The Morgan fingerprint density at radius 3 is 3.00 bits per heavy atom. The van der Waals surface area contributed by atoms with E-state index in [9.17, 15) is 9.18 Å². The first-order valence-electron chi connectivity index (χ1n) is 6.38. The van der Waals surface area contributed by atoms with Crippen LogP contribution in [0, 0.1) is 5.82 Å². The Morgan fingerprint density at radius 2 is 2.32 bits per heavy atom. The zero-order valence-electron chi connectivity index (χ0n) is 10.9. The summed E-state index contributed by atoms with van der Waals surface area (Å²) >= 11 is 3.45. The molecule has 1 aromatic rings. The Hall–Kier alpha value is -1.10. The van der Waals surface area contributed by atoms with Crippen LogP contribution in [0.5, 0.6) is 5.75 Å². The van der Waals surface area contributed by atoms with Crippen molar-refractivity contribution in [2.75, 3.05) is 19.0 Å². The van der Waals surface area contributed by atoms with Crippen molar-refractivity contribution in [3.63, 3.8) is 0 Å². The molecule has 5 heteroatoms. The summed E-state index contributed by atoms with van der Waals surface area (Å²) < 4.78 is 18.3. The molecule has 0 spiro atoms. The number of rotatable bonds is 3. The standard InChI is InChI=1S/C14H17BrFNO2/c1-19-13-8-10(5-6-12(13)16)14(18)17-7-3-2-4-11(17)9-15/h5-6,8,11H,2-4,7,9H2,1H3. The van der Waals surface area contributed by atoms with E-state index in [-0.39, 0.29) is 17.7 Å². The minimum absolute atomic E-state index is 0.0533. The fourth-order valence-corrected chi connectivity index (χ4v) is 3.06. The average Bonchev–Trinajstić information content (AvgIpc) is 2.47. The number of likely N-dealkylation sites (tertiary alicyclic amines) is 1. The Balaban J connectivity index is 2.22. The van der Waals surface area contributed by atoms with Gasteiger partial charge in [0.2, 0.25) is 0 Å². The third-order valence-electron chi connectivity index (χ3n) is 3.46. The van der Waals surface area contributed by atoms with Gasteiger partial charge in [-0.1, -0.05) is 15.9 Å². The van der Waals surface area contributed by atoms with Crippen LogP contribution in [0.25, 0.3) is 0 Å². The normalized spacial score (nSPS) is 19.3. The summed E-state index contributed by atoms with van der Waals surface area (Å²) in [6.07, 6.45) is 3.18. The molecule has 3 nitrogen and oxygen atoms in total. The number of benzene rings is 1. The lowest BCUT2D eigenvalue weighted by molar-refractivity contribution is 0.0641. The number of ether oxygens (including phenoxy) is 1. The molecule has 2 rings (SSSR count). The van der Waals surface area contributed by atoms with Crippen molar-refractivity contribution in [3.05, 3.63) is 29.6 Å². The number of hydrogen-bond donors (Lipinski definition) is 0. The SMILES string of the molecule is COc1cc(C(=O)N2CCCCC2CBr)ccc1F. The lowest BCUT2D eigenvalue weighted by atomic mass is 10.0. The van der Waals surface area contributed by atoms with Gasteiger partial charge in [-0.2, -0.15) is 0 Å². The minimum Gasteiger partial charge on any atom is -0.494 e. The van der Waals surface area contributed by atoms with E-state index in [1.807, 2.05) is 4.90 Å². The Labute approximate surface area is 120 Å². The second-order valence-electron chi connectivity index (χ2n) is 4.65. The Kier molecular flexibility index (Phi) is 4.80. The molecule has 1 heterocycles. The highest BCUT2D eigenvalue weighted by molar-refractivity contribution is 9.09. The van der Waals surface area contributed by atoms with Crippen LogP contribution >= 0.6 is 15.9 Å². The monoisotopic (exact) mass is 329 g/mol. The van der Waals surface area contributed by atoms with Gasteiger partial charge in [-0.15, -0.1) is 0 Å². The Morgan fingerprint density at radius 1 is 1.53 bits per heavy atom. The first kappa shape index (κ1) is 14.3. The van der Waals surface area contributed by atoms with Crippen molar-refractivity contribution < 1.29 is 13.9 Å². The van der Waals surface area contributed by atoms with Crippen LogP contribution in [0.4, 0.5) is 4.39 Å². The number of carbonyl (C=O) groups excluding carboxylic acids is 1. The molecule has 19 heavy (non-hydrogen) atoms. The molecule has 1 fully saturated rings. The van der Waals surface area contributed by atoms with Gasteiger partial charge in [-0.05, 0) is 37.5 Å². The molecule has 0 aliphatic carbocycles. The number of halogens is 2. The molecule has 0 radical (unpaired) electrons. The highest BCUT2D eigenvalue weighted by atomic mass is 79.9. The van der Waals surface area contributed by atoms with E-state index in [2.05, 4.69) is 15.9 Å². The quantitative estimate of drug-likeness (QED) is 0.797. The Bertz CT molecular complexity index is 467. The van der Waals surface area contributed by atoms with E-state index in [4.69, 9.17) is 4.74 Å². The molecule has 1 aliphatic rings. The van der Waals surface area contributed by atoms with Gasteiger partial charge in [-0.25, -0.2) is 4.39 Å². The van der Waals surface area contributed by atoms with Crippen molar-refractivity contribution in [1.82, 2.24) is 4.90 Å². The van der Waals surface area contributed by atoms with Crippen LogP contribution in [0.2, 0.25) is 0 Å². The molecule has 104 valence electrons. The van der Waals surface area contributed by atoms with Crippen LogP contribution in [0.15, 0.2) is 18.2 Å². The number of hydrogen-bond acceptors (Lipinski definition) is 2. The highest BCUT2D eigenvalue weighted by Gasteiger charge is 2.27. The molecule has 1 atom stereocenters. The summed E-state index contributed by atoms with van der Waals surface area (Å²) in [5.41, 5.74) is 0.478. The van der Waals surface area contributed by atoms with Crippen LogP contribution < -0.4 is 4.74 Å². The van der Waals surface area contributed by atoms with E-state index in [0.29, 0.717) is 5.56 Å². The summed E-state index contributed by atoms with van der Waals surface area (Å²) in [4.78, 5) is 14.3. The topological polar surface area (TPSA) is 29.5 Å². The molecule has 1 aliphatic heterocycles. The number of carbonyl (C=O) groups is 1. The molecular weight excluding hydrogens is 313 g/mol. The largest absolute Gasteiger partial charge is 0.494 e. The van der Waals surface area contributed by atoms with Crippen molar-refractivity contribution >= 4 is 21.8 Å². The van der Waals surface area contributed by atoms with E-state index in [1.165, 1.54) is 25.3 Å². The predicted molar refractivity (Wildman–Crippen MR) is 75.4 cm³/mol. The van der Waals surface area contributed by atoms with Crippen molar-refractivity contribution in [1.29, 1.82) is 0 Å². The highest BCUT2D eigenvalue weighted by Crippen LogP contribution is 2.24. The maximum atomic E-state index is 13.4. The molecule has 1 unspecified atom stereocenters. The molecule has 0 aromatic heterocycles.